The molecule has 2 aliphatic rings. The summed E-state index contributed by atoms with van der Waals surface area (Å²) in [4.78, 5) is 41.2. The molecule has 1 aromatic rings. The van der Waals surface area contributed by atoms with E-state index in [1.807, 2.05) is 0 Å². The lowest BCUT2D eigenvalue weighted by Crippen LogP contribution is -2.29. The van der Waals surface area contributed by atoms with Crippen molar-refractivity contribution >= 4 is 41.1 Å². The minimum atomic E-state index is -0.819. The molecule has 1 saturated heterocycles. The number of amides is 1. The maximum Gasteiger partial charge on any atom is 0.348 e. The first-order valence-corrected chi connectivity index (χ1v) is 7.29. The summed E-state index contributed by atoms with van der Waals surface area (Å²) >= 11 is 5.09. The Balaban J connectivity index is 1.91. The van der Waals surface area contributed by atoms with Crippen molar-refractivity contribution < 1.29 is 19.1 Å². The number of carbonyl (C=O) groups excluding carboxylic acids is 3. The Kier molecular flexibility index (Phi) is 4.05. The highest BCUT2D eigenvalue weighted by molar-refractivity contribution is 7.80. The molecule has 0 spiro atoms. The molecule has 8 heteroatoms. The first-order chi connectivity index (χ1) is 11.5. The first kappa shape index (κ1) is 15.8. The van der Waals surface area contributed by atoms with E-state index in [0.29, 0.717) is 5.56 Å². The van der Waals surface area contributed by atoms with Gasteiger partial charge in [-0.1, -0.05) is 6.07 Å². The van der Waals surface area contributed by atoms with Crippen molar-refractivity contribution in [3.05, 3.63) is 59.4 Å². The van der Waals surface area contributed by atoms with Gasteiger partial charge in [0.25, 0.3) is 5.91 Å². The summed E-state index contributed by atoms with van der Waals surface area (Å²) in [5.74, 6) is -1.64. The van der Waals surface area contributed by atoms with Gasteiger partial charge in [0.05, 0.1) is 0 Å². The van der Waals surface area contributed by atoms with Crippen LogP contribution in [-0.2, 0) is 19.1 Å². The van der Waals surface area contributed by atoms with Crippen LogP contribution in [0.2, 0.25) is 0 Å². The molecule has 2 aliphatic heterocycles. The number of ketones is 1. The zero-order valence-electron chi connectivity index (χ0n) is 12.5. The zero-order valence-corrected chi connectivity index (χ0v) is 13.3. The van der Waals surface area contributed by atoms with Crippen molar-refractivity contribution in [3.8, 4) is 0 Å². The number of cyclic esters (lactones) is 1. The second-order valence-corrected chi connectivity index (χ2v) is 5.39. The van der Waals surface area contributed by atoms with Gasteiger partial charge in [0, 0.05) is 24.7 Å². The molecule has 0 aromatic carbocycles. The van der Waals surface area contributed by atoms with E-state index in [9.17, 15) is 14.4 Å². The van der Waals surface area contributed by atoms with Crippen molar-refractivity contribution in [2.75, 3.05) is 0 Å². The Hall–Kier alpha value is -3.13. The summed E-state index contributed by atoms with van der Waals surface area (Å²) in [6.45, 7) is 1.49. The van der Waals surface area contributed by atoms with Crippen LogP contribution in [0.5, 0.6) is 0 Å². The zero-order chi connectivity index (χ0) is 17.3. The number of aromatic nitrogens is 1. The van der Waals surface area contributed by atoms with Crippen LogP contribution in [0.1, 0.15) is 12.5 Å². The number of nitrogens with one attached hydrogen (secondary N) is 1. The summed E-state index contributed by atoms with van der Waals surface area (Å²) in [7, 11) is 0. The van der Waals surface area contributed by atoms with Crippen LogP contribution in [0.25, 0.3) is 6.08 Å². The number of rotatable bonds is 2. The summed E-state index contributed by atoms with van der Waals surface area (Å²) in [5.41, 5.74) is 0.659. The van der Waals surface area contributed by atoms with Crippen molar-refractivity contribution in [1.29, 1.82) is 0 Å². The fraction of sp³-hybridized carbons (Fsp3) is 0.0625. The predicted molar refractivity (Wildman–Crippen MR) is 87.7 cm³/mol. The Bertz CT molecular complexity index is 855. The lowest BCUT2D eigenvalue weighted by molar-refractivity contribution is -0.137. The van der Waals surface area contributed by atoms with Crippen molar-refractivity contribution in [2.24, 2.45) is 0 Å². The van der Waals surface area contributed by atoms with Gasteiger partial charge in [-0.3, -0.25) is 19.5 Å². The van der Waals surface area contributed by atoms with E-state index < -0.39 is 17.7 Å². The van der Waals surface area contributed by atoms with E-state index in [-0.39, 0.29) is 22.1 Å². The molecule has 3 heterocycles. The first-order valence-electron chi connectivity index (χ1n) is 6.88. The fourth-order valence-corrected chi connectivity index (χ4v) is 2.38. The standard InChI is InChI=1S/C16H11N3O4S/c1-9-5-13(20)11(15(22)23-9)8-19-14(21)12(18-16(19)24)6-10-3-2-4-17-7-10/h2-8H,1H3,(H,18,24). The van der Waals surface area contributed by atoms with Gasteiger partial charge in [-0.2, -0.15) is 0 Å². The summed E-state index contributed by atoms with van der Waals surface area (Å²) < 4.78 is 4.88. The topological polar surface area (TPSA) is 88.6 Å². The van der Waals surface area contributed by atoms with E-state index in [2.05, 4.69) is 10.3 Å². The Morgan fingerprint density at radius 3 is 2.79 bits per heavy atom. The third kappa shape index (κ3) is 2.99. The number of thiocarbonyl (C=S) groups is 1. The SMILES string of the molecule is CC1=CC(=O)C(=CN2C(=O)C(=Cc3cccnc3)NC2=S)C(=O)O1. The second kappa shape index (κ2) is 6.17. The van der Waals surface area contributed by atoms with Crippen LogP contribution in [0.3, 0.4) is 0 Å². The molecule has 1 N–H and O–H groups in total. The predicted octanol–water partition coefficient (Wildman–Crippen LogP) is 1.05. The molecule has 1 fully saturated rings. The van der Waals surface area contributed by atoms with Gasteiger partial charge in [-0.15, -0.1) is 0 Å². The molecule has 0 aliphatic carbocycles. The molecule has 24 heavy (non-hydrogen) atoms. The molecule has 0 saturated carbocycles. The number of ether oxygens (including phenoxy) is 1. The number of nitrogens with zero attached hydrogens (tertiary/aromatic N) is 2. The maximum atomic E-state index is 12.4. The molecule has 0 radical (unpaired) electrons. The lowest BCUT2D eigenvalue weighted by atomic mass is 10.1. The second-order valence-electron chi connectivity index (χ2n) is 5.00. The Labute approximate surface area is 142 Å². The Morgan fingerprint density at radius 2 is 2.12 bits per heavy atom. The van der Waals surface area contributed by atoms with Crippen molar-refractivity contribution in [2.45, 2.75) is 6.92 Å². The van der Waals surface area contributed by atoms with Crippen molar-refractivity contribution in [3.63, 3.8) is 0 Å². The highest BCUT2D eigenvalue weighted by Crippen LogP contribution is 2.19. The van der Waals surface area contributed by atoms with Crippen LogP contribution in [0.4, 0.5) is 0 Å². The molecule has 0 atom stereocenters. The molecule has 3 rings (SSSR count). The lowest BCUT2D eigenvalue weighted by Gasteiger charge is -2.14. The number of allylic oxidation sites excluding steroid dienone is 2. The number of carbonyl (C=O) groups is 3. The van der Waals surface area contributed by atoms with E-state index >= 15 is 0 Å². The van der Waals surface area contributed by atoms with Crippen molar-refractivity contribution in [1.82, 2.24) is 15.2 Å². The number of hydrogen-bond acceptors (Lipinski definition) is 6. The molecule has 1 aromatic heterocycles. The third-order valence-electron chi connectivity index (χ3n) is 3.24. The van der Waals surface area contributed by atoms with Gasteiger partial charge in [0.1, 0.15) is 17.0 Å². The van der Waals surface area contributed by atoms with Gasteiger partial charge in [-0.25, -0.2) is 4.79 Å². The van der Waals surface area contributed by atoms with Gasteiger partial charge < -0.3 is 10.1 Å². The minimum Gasteiger partial charge on any atom is -0.427 e. The quantitative estimate of drug-likeness (QED) is 0.372. The Morgan fingerprint density at radius 1 is 1.33 bits per heavy atom. The van der Waals surface area contributed by atoms with Gasteiger partial charge >= 0.3 is 5.97 Å². The highest BCUT2D eigenvalue weighted by Gasteiger charge is 2.33. The molecule has 0 unspecified atom stereocenters. The number of hydrogen-bond donors (Lipinski definition) is 1. The van der Waals surface area contributed by atoms with E-state index in [4.69, 9.17) is 17.0 Å². The molecule has 120 valence electrons. The largest absolute Gasteiger partial charge is 0.427 e. The van der Waals surface area contributed by atoms with Crippen LogP contribution < -0.4 is 5.32 Å². The fourth-order valence-electron chi connectivity index (χ4n) is 2.13. The van der Waals surface area contributed by atoms with E-state index in [1.54, 1.807) is 30.6 Å². The third-order valence-corrected chi connectivity index (χ3v) is 3.54. The summed E-state index contributed by atoms with van der Waals surface area (Å²) in [6.07, 6.45) is 7.04. The minimum absolute atomic E-state index is 0.0644. The normalized spacial score (nSPS) is 21.2. The van der Waals surface area contributed by atoms with Crippen LogP contribution in [-0.4, -0.2) is 32.7 Å². The monoisotopic (exact) mass is 341 g/mol. The van der Waals surface area contributed by atoms with Crippen LogP contribution in [0.15, 0.2) is 53.8 Å². The summed E-state index contributed by atoms with van der Waals surface area (Å²) in [5, 5.41) is 2.81. The van der Waals surface area contributed by atoms with E-state index in [0.717, 1.165) is 11.1 Å². The van der Waals surface area contributed by atoms with E-state index in [1.165, 1.54) is 13.0 Å². The number of pyridine rings is 1. The van der Waals surface area contributed by atoms with Crippen LogP contribution in [0, 0.1) is 0 Å². The number of esters is 1. The summed E-state index contributed by atoms with van der Waals surface area (Å²) in [6, 6.07) is 3.50. The molecule has 7 nitrogen and oxygen atoms in total. The smallest absolute Gasteiger partial charge is 0.348 e. The molecule has 0 bridgehead atoms. The average Bonchev–Trinajstić information content (AvgIpc) is 2.78. The molecular formula is C16H11N3O4S. The van der Waals surface area contributed by atoms with Gasteiger partial charge in [0.2, 0.25) is 0 Å². The average molecular weight is 341 g/mol. The van der Waals surface area contributed by atoms with Crippen LogP contribution >= 0.6 is 12.2 Å². The molecular weight excluding hydrogens is 330 g/mol. The van der Waals surface area contributed by atoms with Gasteiger partial charge in [-0.05, 0) is 36.8 Å². The molecule has 1 amide bonds. The highest BCUT2D eigenvalue weighted by atomic mass is 32.1. The van der Waals surface area contributed by atoms with Gasteiger partial charge in [0.15, 0.2) is 10.9 Å². The maximum absolute atomic E-state index is 12.4.